The van der Waals surface area contributed by atoms with Crippen LogP contribution in [-0.2, 0) is 9.59 Å². The van der Waals surface area contributed by atoms with Crippen LogP contribution in [0.2, 0.25) is 0 Å². The molecule has 0 aliphatic heterocycles. The molecule has 0 radical (unpaired) electrons. The van der Waals surface area contributed by atoms with E-state index >= 15 is 0 Å². The number of aliphatic carboxylic acids is 1. The maximum atomic E-state index is 11.7. The lowest BCUT2D eigenvalue weighted by atomic mass is 10.1. The van der Waals surface area contributed by atoms with Crippen LogP contribution in [-0.4, -0.2) is 48.1 Å². The molecular weight excluding hydrogens is 232 g/mol. The van der Waals surface area contributed by atoms with Gasteiger partial charge in [0.25, 0.3) is 0 Å². The minimum atomic E-state index is -1.10. The average Bonchev–Trinajstić information content (AvgIpc) is 3.08. The highest BCUT2D eigenvalue weighted by Gasteiger charge is 2.56. The van der Waals surface area contributed by atoms with Crippen molar-refractivity contribution in [1.29, 1.82) is 0 Å². The number of carbonyl (C=O) groups excluding carboxylic acids is 1. The summed E-state index contributed by atoms with van der Waals surface area (Å²) in [7, 11) is 2.08. The van der Waals surface area contributed by atoms with Crippen LogP contribution in [0, 0.1) is 5.41 Å². The van der Waals surface area contributed by atoms with Crippen molar-refractivity contribution in [2.75, 3.05) is 20.1 Å². The second-order valence-corrected chi connectivity index (χ2v) is 5.42. The van der Waals surface area contributed by atoms with Crippen LogP contribution >= 0.6 is 0 Å². The van der Waals surface area contributed by atoms with E-state index in [1.165, 1.54) is 0 Å². The highest BCUT2D eigenvalue weighted by atomic mass is 16.4. The Morgan fingerprint density at radius 3 is 2.39 bits per heavy atom. The number of hydrogen-bond donors (Lipinski definition) is 2. The number of hydrogen-bond acceptors (Lipinski definition) is 3. The molecule has 1 fully saturated rings. The molecule has 1 aliphatic rings. The zero-order valence-corrected chi connectivity index (χ0v) is 11.5. The van der Waals surface area contributed by atoms with Gasteiger partial charge < -0.3 is 15.3 Å². The Morgan fingerprint density at radius 2 is 1.94 bits per heavy atom. The molecule has 0 atom stereocenters. The van der Waals surface area contributed by atoms with E-state index in [0.29, 0.717) is 25.4 Å². The summed E-state index contributed by atoms with van der Waals surface area (Å²) in [4.78, 5) is 24.8. The van der Waals surface area contributed by atoms with Crippen LogP contribution in [0.25, 0.3) is 0 Å². The van der Waals surface area contributed by atoms with Crippen molar-refractivity contribution in [2.24, 2.45) is 5.41 Å². The van der Waals surface area contributed by atoms with Gasteiger partial charge in [0, 0.05) is 12.6 Å². The molecule has 0 saturated heterocycles. The number of carboxylic acids is 1. The van der Waals surface area contributed by atoms with Gasteiger partial charge in [-0.2, -0.15) is 0 Å². The third-order valence-corrected chi connectivity index (χ3v) is 3.70. The summed E-state index contributed by atoms with van der Waals surface area (Å²) in [5, 5.41) is 11.7. The van der Waals surface area contributed by atoms with Gasteiger partial charge in [0.05, 0.1) is 0 Å². The average molecular weight is 256 g/mol. The minimum absolute atomic E-state index is 0.313. The Balaban J connectivity index is 2.12. The van der Waals surface area contributed by atoms with Crippen molar-refractivity contribution in [1.82, 2.24) is 10.2 Å². The number of rotatable bonds is 8. The second kappa shape index (κ2) is 6.18. The zero-order chi connectivity index (χ0) is 13.8. The van der Waals surface area contributed by atoms with Crippen molar-refractivity contribution in [3.8, 4) is 0 Å². The predicted octanol–water partition coefficient (Wildman–Crippen LogP) is 1.09. The monoisotopic (exact) mass is 256 g/mol. The van der Waals surface area contributed by atoms with Gasteiger partial charge in [0.2, 0.25) is 5.91 Å². The molecule has 0 unspecified atom stereocenters. The molecule has 18 heavy (non-hydrogen) atoms. The highest BCUT2D eigenvalue weighted by molar-refractivity contribution is 6.04. The van der Waals surface area contributed by atoms with E-state index in [9.17, 15) is 9.59 Å². The van der Waals surface area contributed by atoms with Crippen LogP contribution in [0.1, 0.15) is 39.5 Å². The van der Waals surface area contributed by atoms with Crippen LogP contribution in [0.3, 0.4) is 0 Å². The Kier molecular flexibility index (Phi) is 5.14. The highest BCUT2D eigenvalue weighted by Crippen LogP contribution is 2.45. The fourth-order valence-electron chi connectivity index (χ4n) is 1.78. The van der Waals surface area contributed by atoms with E-state index in [1.54, 1.807) is 0 Å². The summed E-state index contributed by atoms with van der Waals surface area (Å²) in [5.41, 5.74) is -1.10. The maximum absolute atomic E-state index is 11.7. The van der Waals surface area contributed by atoms with Gasteiger partial charge in [-0.1, -0.05) is 0 Å². The lowest BCUT2D eigenvalue weighted by Crippen LogP contribution is -2.37. The van der Waals surface area contributed by atoms with E-state index in [0.717, 1.165) is 19.4 Å². The molecule has 1 amide bonds. The van der Waals surface area contributed by atoms with Crippen molar-refractivity contribution in [3.63, 3.8) is 0 Å². The fourth-order valence-corrected chi connectivity index (χ4v) is 1.78. The van der Waals surface area contributed by atoms with Gasteiger partial charge in [-0.05, 0) is 53.1 Å². The number of carboxylic acid groups (broad SMARTS) is 1. The molecular formula is C13H24N2O3. The van der Waals surface area contributed by atoms with Gasteiger partial charge >= 0.3 is 5.97 Å². The van der Waals surface area contributed by atoms with Crippen molar-refractivity contribution in [2.45, 2.75) is 45.6 Å². The van der Waals surface area contributed by atoms with E-state index < -0.39 is 11.4 Å². The van der Waals surface area contributed by atoms with Crippen LogP contribution in [0.15, 0.2) is 0 Å². The number of nitrogens with zero attached hydrogens (tertiary/aromatic N) is 1. The zero-order valence-electron chi connectivity index (χ0n) is 11.5. The SMILES string of the molecule is CC(C)N(C)CCCCNC(=O)C1(C(=O)O)CC1. The molecule has 1 aliphatic carbocycles. The first-order chi connectivity index (χ1) is 8.40. The summed E-state index contributed by atoms with van der Waals surface area (Å²) in [6, 6.07) is 0.529. The normalized spacial score (nSPS) is 16.9. The molecule has 2 N–H and O–H groups in total. The Hall–Kier alpha value is -1.10. The summed E-state index contributed by atoms with van der Waals surface area (Å²) < 4.78 is 0. The van der Waals surface area contributed by atoms with E-state index in [1.807, 2.05) is 0 Å². The van der Waals surface area contributed by atoms with Gasteiger partial charge in [-0.15, -0.1) is 0 Å². The van der Waals surface area contributed by atoms with Gasteiger partial charge in [0.1, 0.15) is 5.41 Å². The van der Waals surface area contributed by atoms with Gasteiger partial charge in [-0.3, -0.25) is 9.59 Å². The quantitative estimate of drug-likeness (QED) is 0.504. The molecule has 0 aromatic heterocycles. The maximum Gasteiger partial charge on any atom is 0.319 e. The molecule has 104 valence electrons. The molecule has 0 bridgehead atoms. The molecule has 5 nitrogen and oxygen atoms in total. The van der Waals surface area contributed by atoms with Gasteiger partial charge in [-0.25, -0.2) is 0 Å². The first-order valence-electron chi connectivity index (χ1n) is 6.62. The third-order valence-electron chi connectivity index (χ3n) is 3.70. The summed E-state index contributed by atoms with van der Waals surface area (Å²) in [6.45, 7) is 5.86. The minimum Gasteiger partial charge on any atom is -0.480 e. The van der Waals surface area contributed by atoms with Crippen LogP contribution in [0.4, 0.5) is 0 Å². The number of nitrogens with one attached hydrogen (secondary N) is 1. The molecule has 5 heteroatoms. The van der Waals surface area contributed by atoms with Crippen molar-refractivity contribution < 1.29 is 14.7 Å². The smallest absolute Gasteiger partial charge is 0.319 e. The Morgan fingerprint density at radius 1 is 1.33 bits per heavy atom. The topological polar surface area (TPSA) is 69.6 Å². The van der Waals surface area contributed by atoms with E-state index in [-0.39, 0.29) is 5.91 Å². The molecule has 1 rings (SSSR count). The van der Waals surface area contributed by atoms with E-state index in [2.05, 4.69) is 31.1 Å². The van der Waals surface area contributed by atoms with Crippen LogP contribution < -0.4 is 5.32 Å². The fraction of sp³-hybridized carbons (Fsp3) is 0.846. The first kappa shape index (κ1) is 15.0. The summed E-state index contributed by atoms with van der Waals surface area (Å²) in [6.07, 6.45) is 2.85. The molecule has 0 heterocycles. The first-order valence-corrected chi connectivity index (χ1v) is 6.62. The number of amides is 1. The van der Waals surface area contributed by atoms with Crippen molar-refractivity contribution >= 4 is 11.9 Å². The lowest BCUT2D eigenvalue weighted by molar-refractivity contribution is -0.149. The van der Waals surface area contributed by atoms with Gasteiger partial charge in [0.15, 0.2) is 0 Å². The largest absolute Gasteiger partial charge is 0.480 e. The second-order valence-electron chi connectivity index (χ2n) is 5.42. The molecule has 0 aromatic rings. The summed E-state index contributed by atoms with van der Waals surface area (Å²) >= 11 is 0. The number of unbranched alkanes of at least 4 members (excludes halogenated alkanes) is 1. The number of carbonyl (C=O) groups is 2. The summed E-state index contributed by atoms with van der Waals surface area (Å²) in [5.74, 6) is -1.30. The Bertz CT molecular complexity index is 311. The van der Waals surface area contributed by atoms with E-state index in [4.69, 9.17) is 5.11 Å². The molecule has 0 aromatic carbocycles. The molecule has 1 saturated carbocycles. The van der Waals surface area contributed by atoms with Crippen LogP contribution in [0.5, 0.6) is 0 Å². The predicted molar refractivity (Wildman–Crippen MR) is 69.3 cm³/mol. The third kappa shape index (κ3) is 3.70. The Labute approximate surface area is 109 Å². The van der Waals surface area contributed by atoms with Crippen molar-refractivity contribution in [3.05, 3.63) is 0 Å². The standard InChI is InChI=1S/C13H24N2O3/c1-10(2)15(3)9-5-4-8-14-11(16)13(6-7-13)12(17)18/h10H,4-9H2,1-3H3,(H,14,16)(H,17,18). The lowest BCUT2D eigenvalue weighted by Gasteiger charge is -2.20. The molecule has 0 spiro atoms.